The quantitative estimate of drug-likeness (QED) is 0.757. The van der Waals surface area contributed by atoms with Crippen molar-refractivity contribution in [2.45, 2.75) is 51.4 Å². The number of hydrogen-bond donors (Lipinski definition) is 2. The van der Waals surface area contributed by atoms with Crippen LogP contribution in [-0.4, -0.2) is 25.5 Å². The molecule has 1 heterocycles. The molecular weight excluding hydrogens is 248 g/mol. The number of nitrogens with one attached hydrogen (secondary N) is 2. The Balaban J connectivity index is 0.00000162. The fourth-order valence-corrected chi connectivity index (χ4v) is 3.12. The Morgan fingerprint density at radius 2 is 1.94 bits per heavy atom. The predicted octanol–water partition coefficient (Wildman–Crippen LogP) is 2.49. The van der Waals surface area contributed by atoms with Gasteiger partial charge in [0.1, 0.15) is 0 Å². The van der Waals surface area contributed by atoms with E-state index in [4.69, 9.17) is 0 Å². The molecule has 0 bridgehead atoms. The topological polar surface area (TPSA) is 41.1 Å². The molecule has 2 rings (SSSR count). The van der Waals surface area contributed by atoms with Crippen LogP contribution in [-0.2, 0) is 4.79 Å². The molecule has 0 aromatic carbocycles. The van der Waals surface area contributed by atoms with Crippen molar-refractivity contribution >= 4 is 18.3 Å². The van der Waals surface area contributed by atoms with Gasteiger partial charge in [0.25, 0.3) is 0 Å². The van der Waals surface area contributed by atoms with E-state index in [1.54, 1.807) is 0 Å². The number of amides is 1. The maximum atomic E-state index is 11.8. The minimum absolute atomic E-state index is 0. The van der Waals surface area contributed by atoms with Gasteiger partial charge in [0.05, 0.1) is 5.92 Å². The minimum Gasteiger partial charge on any atom is -0.356 e. The molecule has 2 fully saturated rings. The number of halogens is 1. The normalized spacial score (nSPS) is 24.6. The van der Waals surface area contributed by atoms with E-state index < -0.39 is 0 Å². The molecule has 0 aromatic heterocycles. The van der Waals surface area contributed by atoms with E-state index in [2.05, 4.69) is 10.6 Å². The summed E-state index contributed by atoms with van der Waals surface area (Å²) in [5.74, 6) is 1.43. The second-order valence-electron chi connectivity index (χ2n) is 5.63. The van der Waals surface area contributed by atoms with Gasteiger partial charge in [0.15, 0.2) is 0 Å². The van der Waals surface area contributed by atoms with Gasteiger partial charge in [-0.15, -0.1) is 12.4 Å². The van der Waals surface area contributed by atoms with Crippen molar-refractivity contribution in [1.29, 1.82) is 0 Å². The molecule has 18 heavy (non-hydrogen) atoms. The molecule has 1 saturated heterocycles. The van der Waals surface area contributed by atoms with E-state index in [1.165, 1.54) is 32.1 Å². The van der Waals surface area contributed by atoms with Crippen LogP contribution >= 0.6 is 12.4 Å². The average Bonchev–Trinajstić information content (AvgIpc) is 2.88. The molecule has 106 valence electrons. The zero-order valence-corrected chi connectivity index (χ0v) is 12.1. The summed E-state index contributed by atoms with van der Waals surface area (Å²) in [4.78, 5) is 11.8. The van der Waals surface area contributed by atoms with Crippen LogP contribution in [0.5, 0.6) is 0 Å². The number of hydrogen-bond acceptors (Lipinski definition) is 2. The monoisotopic (exact) mass is 274 g/mol. The van der Waals surface area contributed by atoms with Crippen LogP contribution in [0.15, 0.2) is 0 Å². The van der Waals surface area contributed by atoms with Gasteiger partial charge in [-0.1, -0.05) is 25.7 Å². The van der Waals surface area contributed by atoms with Crippen LogP contribution in [0.2, 0.25) is 0 Å². The first-order chi connectivity index (χ1) is 8.36. The lowest BCUT2D eigenvalue weighted by Crippen LogP contribution is -2.40. The standard InChI is InChI=1S/C14H26N2O.ClH/c17-14(13-8-4-9-15-11-13)16-10-3-7-12-5-1-2-6-12;/h12-13,15H,1-11H2,(H,16,17);1H. The van der Waals surface area contributed by atoms with E-state index >= 15 is 0 Å². The van der Waals surface area contributed by atoms with Gasteiger partial charge in [0, 0.05) is 13.1 Å². The van der Waals surface area contributed by atoms with Crippen LogP contribution in [0, 0.1) is 11.8 Å². The second-order valence-corrected chi connectivity index (χ2v) is 5.63. The van der Waals surface area contributed by atoms with Crippen molar-refractivity contribution < 1.29 is 4.79 Å². The van der Waals surface area contributed by atoms with Gasteiger partial charge < -0.3 is 10.6 Å². The molecule has 1 saturated carbocycles. The highest BCUT2D eigenvalue weighted by atomic mass is 35.5. The molecule has 0 spiro atoms. The van der Waals surface area contributed by atoms with Gasteiger partial charge in [-0.2, -0.15) is 0 Å². The Morgan fingerprint density at radius 1 is 1.17 bits per heavy atom. The number of rotatable bonds is 5. The molecule has 3 nitrogen and oxygen atoms in total. The third kappa shape index (κ3) is 5.15. The first kappa shape index (κ1) is 15.8. The molecule has 2 N–H and O–H groups in total. The third-order valence-corrected chi connectivity index (χ3v) is 4.23. The lowest BCUT2D eigenvalue weighted by molar-refractivity contribution is -0.125. The zero-order chi connectivity index (χ0) is 11.9. The maximum Gasteiger partial charge on any atom is 0.224 e. The molecule has 0 radical (unpaired) electrons. The summed E-state index contributed by atoms with van der Waals surface area (Å²) in [6, 6.07) is 0. The first-order valence-electron chi connectivity index (χ1n) is 7.34. The summed E-state index contributed by atoms with van der Waals surface area (Å²) in [7, 11) is 0. The Morgan fingerprint density at radius 3 is 2.61 bits per heavy atom. The van der Waals surface area contributed by atoms with Crippen molar-refractivity contribution in [2.24, 2.45) is 11.8 Å². The molecule has 1 aliphatic heterocycles. The van der Waals surface area contributed by atoms with Crippen molar-refractivity contribution in [2.75, 3.05) is 19.6 Å². The summed E-state index contributed by atoms with van der Waals surface area (Å²) in [5, 5.41) is 6.39. The van der Waals surface area contributed by atoms with Gasteiger partial charge in [0.2, 0.25) is 5.91 Å². The highest BCUT2D eigenvalue weighted by Gasteiger charge is 2.20. The van der Waals surface area contributed by atoms with Crippen LogP contribution in [0.3, 0.4) is 0 Å². The molecule has 1 amide bonds. The lowest BCUT2D eigenvalue weighted by Gasteiger charge is -2.22. The fourth-order valence-electron chi connectivity index (χ4n) is 3.12. The van der Waals surface area contributed by atoms with Crippen molar-refractivity contribution in [3.05, 3.63) is 0 Å². The van der Waals surface area contributed by atoms with E-state index in [0.717, 1.165) is 44.8 Å². The Labute approximate surface area is 117 Å². The van der Waals surface area contributed by atoms with E-state index in [1.807, 2.05) is 0 Å². The molecule has 1 unspecified atom stereocenters. The van der Waals surface area contributed by atoms with Crippen molar-refractivity contribution in [3.63, 3.8) is 0 Å². The maximum absolute atomic E-state index is 11.8. The van der Waals surface area contributed by atoms with E-state index in [-0.39, 0.29) is 24.2 Å². The summed E-state index contributed by atoms with van der Waals surface area (Å²) in [5.41, 5.74) is 0. The smallest absolute Gasteiger partial charge is 0.224 e. The molecule has 2 aliphatic rings. The van der Waals surface area contributed by atoms with E-state index in [0.29, 0.717) is 0 Å². The second kappa shape index (κ2) is 8.76. The highest BCUT2D eigenvalue weighted by Crippen LogP contribution is 2.28. The van der Waals surface area contributed by atoms with Crippen LogP contribution in [0.4, 0.5) is 0 Å². The third-order valence-electron chi connectivity index (χ3n) is 4.23. The predicted molar refractivity (Wildman–Crippen MR) is 77.0 cm³/mol. The summed E-state index contributed by atoms with van der Waals surface area (Å²) < 4.78 is 0. The Bertz CT molecular complexity index is 236. The molecular formula is C14H27ClN2O. The van der Waals surface area contributed by atoms with Crippen molar-refractivity contribution in [1.82, 2.24) is 10.6 Å². The highest BCUT2D eigenvalue weighted by molar-refractivity contribution is 5.85. The molecule has 1 aliphatic carbocycles. The minimum atomic E-state index is 0. The zero-order valence-electron chi connectivity index (χ0n) is 11.2. The lowest BCUT2D eigenvalue weighted by atomic mass is 9.98. The summed E-state index contributed by atoms with van der Waals surface area (Å²) in [6.07, 6.45) is 10.3. The number of carbonyl (C=O) groups excluding carboxylic acids is 1. The SMILES string of the molecule is Cl.O=C(NCCCC1CCCC1)C1CCCNC1. The van der Waals surface area contributed by atoms with Gasteiger partial charge in [-0.05, 0) is 38.1 Å². The molecule has 1 atom stereocenters. The number of piperidine rings is 1. The van der Waals surface area contributed by atoms with Gasteiger partial charge >= 0.3 is 0 Å². The summed E-state index contributed by atoms with van der Waals surface area (Å²) in [6.45, 7) is 2.83. The van der Waals surface area contributed by atoms with Gasteiger partial charge in [-0.25, -0.2) is 0 Å². The molecule has 4 heteroatoms. The number of carbonyl (C=O) groups is 1. The Kier molecular flexibility index (Phi) is 7.68. The molecule has 0 aromatic rings. The fraction of sp³-hybridized carbons (Fsp3) is 0.929. The van der Waals surface area contributed by atoms with Crippen LogP contribution in [0.1, 0.15) is 51.4 Å². The van der Waals surface area contributed by atoms with Crippen LogP contribution in [0.25, 0.3) is 0 Å². The van der Waals surface area contributed by atoms with E-state index in [9.17, 15) is 4.79 Å². The van der Waals surface area contributed by atoms with Crippen LogP contribution < -0.4 is 10.6 Å². The van der Waals surface area contributed by atoms with Gasteiger partial charge in [-0.3, -0.25) is 4.79 Å². The average molecular weight is 275 g/mol. The summed E-state index contributed by atoms with van der Waals surface area (Å²) >= 11 is 0. The first-order valence-corrected chi connectivity index (χ1v) is 7.34. The Hall–Kier alpha value is -0.280. The van der Waals surface area contributed by atoms with Crippen molar-refractivity contribution in [3.8, 4) is 0 Å². The largest absolute Gasteiger partial charge is 0.356 e.